The summed E-state index contributed by atoms with van der Waals surface area (Å²) in [4.78, 5) is 12.3. The lowest BCUT2D eigenvalue weighted by molar-refractivity contribution is -0.121. The zero-order valence-corrected chi connectivity index (χ0v) is 12.6. The molecule has 1 aromatic carbocycles. The maximum atomic E-state index is 12.3. The largest absolute Gasteiger partial charge is 0.351 e. The van der Waals surface area contributed by atoms with Crippen LogP contribution in [0.4, 0.5) is 0 Å². The molecule has 3 nitrogen and oxygen atoms in total. The van der Waals surface area contributed by atoms with Crippen LogP contribution in [0.2, 0.25) is 0 Å². The highest BCUT2D eigenvalue weighted by molar-refractivity contribution is 7.99. The van der Waals surface area contributed by atoms with E-state index in [0.29, 0.717) is 6.54 Å². The molecule has 2 unspecified atom stereocenters. The quantitative estimate of drug-likeness (QED) is 0.770. The van der Waals surface area contributed by atoms with Crippen molar-refractivity contribution in [2.24, 2.45) is 5.73 Å². The fourth-order valence-electron chi connectivity index (χ4n) is 2.00. The molecule has 2 atom stereocenters. The summed E-state index contributed by atoms with van der Waals surface area (Å²) in [5.74, 6) is 0.0604. The number of benzene rings is 1. The van der Waals surface area contributed by atoms with Gasteiger partial charge in [-0.05, 0) is 18.2 Å². The zero-order chi connectivity index (χ0) is 14.1. The summed E-state index contributed by atoms with van der Waals surface area (Å²) < 4.78 is 0. The topological polar surface area (TPSA) is 55.1 Å². The number of unbranched alkanes of at least 4 members (excludes halogenated alkanes) is 1. The Morgan fingerprint density at radius 1 is 1.37 bits per heavy atom. The van der Waals surface area contributed by atoms with Crippen molar-refractivity contribution < 1.29 is 4.79 Å². The molecule has 0 saturated carbocycles. The number of carbonyl (C=O) groups is 1. The minimum Gasteiger partial charge on any atom is -0.351 e. The van der Waals surface area contributed by atoms with E-state index in [4.69, 9.17) is 5.73 Å². The van der Waals surface area contributed by atoms with Crippen LogP contribution in [0.25, 0.3) is 0 Å². The van der Waals surface area contributed by atoms with Gasteiger partial charge in [0.15, 0.2) is 0 Å². The van der Waals surface area contributed by atoms with Crippen molar-refractivity contribution in [3.63, 3.8) is 0 Å². The molecule has 0 aromatic heterocycles. The van der Waals surface area contributed by atoms with Gasteiger partial charge in [-0.2, -0.15) is 0 Å². The summed E-state index contributed by atoms with van der Waals surface area (Å²) in [5.41, 5.74) is 6.76. The summed E-state index contributed by atoms with van der Waals surface area (Å²) in [5, 5.41) is 2.91. The molecule has 0 fully saturated rings. The number of amides is 1. The third-order valence-electron chi connectivity index (χ3n) is 3.11. The van der Waals surface area contributed by atoms with Crippen molar-refractivity contribution in [3.05, 3.63) is 35.9 Å². The summed E-state index contributed by atoms with van der Waals surface area (Å²) in [6, 6.07) is 9.95. The minimum atomic E-state index is -0.156. The number of hydrogen-bond acceptors (Lipinski definition) is 3. The Morgan fingerprint density at radius 2 is 2.05 bits per heavy atom. The maximum absolute atomic E-state index is 12.3. The van der Waals surface area contributed by atoms with Crippen molar-refractivity contribution in [2.75, 3.05) is 12.8 Å². The van der Waals surface area contributed by atoms with Crippen molar-refractivity contribution in [2.45, 2.75) is 37.5 Å². The molecule has 0 aliphatic heterocycles. The smallest absolute Gasteiger partial charge is 0.237 e. The second-order valence-electron chi connectivity index (χ2n) is 4.61. The lowest BCUT2D eigenvalue weighted by Crippen LogP contribution is -2.41. The average molecular weight is 280 g/mol. The lowest BCUT2D eigenvalue weighted by Gasteiger charge is -2.21. The van der Waals surface area contributed by atoms with Gasteiger partial charge >= 0.3 is 0 Å². The van der Waals surface area contributed by atoms with Gasteiger partial charge in [-0.15, -0.1) is 11.8 Å². The second kappa shape index (κ2) is 8.99. The summed E-state index contributed by atoms with van der Waals surface area (Å²) in [6.07, 6.45) is 5.13. The molecular formula is C15H24N2OS. The fourth-order valence-corrected chi connectivity index (χ4v) is 2.71. The van der Waals surface area contributed by atoms with Crippen molar-refractivity contribution in [1.82, 2.24) is 5.32 Å². The molecule has 1 rings (SSSR count). The van der Waals surface area contributed by atoms with Gasteiger partial charge < -0.3 is 11.1 Å². The molecule has 3 N–H and O–H groups in total. The van der Waals surface area contributed by atoms with E-state index >= 15 is 0 Å². The van der Waals surface area contributed by atoms with Gasteiger partial charge in [-0.3, -0.25) is 4.79 Å². The number of hydrogen-bond donors (Lipinski definition) is 2. The van der Waals surface area contributed by atoms with E-state index in [1.807, 2.05) is 36.6 Å². The molecule has 106 valence electrons. The van der Waals surface area contributed by atoms with Gasteiger partial charge in [-0.25, -0.2) is 0 Å². The number of carbonyl (C=O) groups excluding carboxylic acids is 1. The molecular weight excluding hydrogens is 256 g/mol. The zero-order valence-electron chi connectivity index (χ0n) is 11.8. The predicted molar refractivity (Wildman–Crippen MR) is 83.2 cm³/mol. The first-order valence-electron chi connectivity index (χ1n) is 6.81. The van der Waals surface area contributed by atoms with Crippen LogP contribution >= 0.6 is 11.8 Å². The molecule has 0 spiro atoms. The third kappa shape index (κ3) is 5.25. The van der Waals surface area contributed by atoms with E-state index in [1.54, 1.807) is 11.8 Å². The van der Waals surface area contributed by atoms with Crippen LogP contribution in [0, 0.1) is 0 Å². The van der Waals surface area contributed by atoms with E-state index in [9.17, 15) is 4.79 Å². The van der Waals surface area contributed by atoms with E-state index in [-0.39, 0.29) is 17.2 Å². The molecule has 0 radical (unpaired) electrons. The van der Waals surface area contributed by atoms with Crippen LogP contribution in [-0.2, 0) is 4.79 Å². The highest BCUT2D eigenvalue weighted by Gasteiger charge is 2.21. The van der Waals surface area contributed by atoms with Crippen LogP contribution in [0.1, 0.15) is 37.0 Å². The van der Waals surface area contributed by atoms with Crippen molar-refractivity contribution in [3.8, 4) is 0 Å². The van der Waals surface area contributed by atoms with Crippen LogP contribution < -0.4 is 11.1 Å². The van der Waals surface area contributed by atoms with Crippen LogP contribution in [-0.4, -0.2) is 24.7 Å². The standard InChI is InChI=1S/C15H24N2OS/c1-3-4-10-13(11-16)17-15(18)14(19-2)12-8-6-5-7-9-12/h5-9,13-14H,3-4,10-11,16H2,1-2H3,(H,17,18). The van der Waals surface area contributed by atoms with Gasteiger partial charge in [-0.1, -0.05) is 50.1 Å². The Hall–Kier alpha value is -1.00. The molecule has 4 heteroatoms. The lowest BCUT2D eigenvalue weighted by atomic mass is 10.1. The summed E-state index contributed by atoms with van der Waals surface area (Å²) in [6.45, 7) is 2.64. The number of rotatable bonds is 8. The molecule has 0 saturated heterocycles. The van der Waals surface area contributed by atoms with Crippen LogP contribution in [0.3, 0.4) is 0 Å². The molecule has 1 aromatic rings. The van der Waals surface area contributed by atoms with Gasteiger partial charge in [0.05, 0.1) is 0 Å². The van der Waals surface area contributed by atoms with Crippen LogP contribution in [0.5, 0.6) is 0 Å². The molecule has 1 amide bonds. The Balaban J connectivity index is 2.63. The third-order valence-corrected chi connectivity index (χ3v) is 4.07. The van der Waals surface area contributed by atoms with E-state index in [1.165, 1.54) is 0 Å². The average Bonchev–Trinajstić information content (AvgIpc) is 2.45. The predicted octanol–water partition coefficient (Wildman–Crippen LogP) is 2.72. The van der Waals surface area contributed by atoms with Gasteiger partial charge in [0, 0.05) is 12.6 Å². The molecule has 0 aliphatic carbocycles. The monoisotopic (exact) mass is 280 g/mol. The Morgan fingerprint density at radius 3 is 2.58 bits per heavy atom. The number of nitrogens with one attached hydrogen (secondary N) is 1. The van der Waals surface area contributed by atoms with E-state index in [0.717, 1.165) is 24.8 Å². The van der Waals surface area contributed by atoms with Crippen molar-refractivity contribution in [1.29, 1.82) is 0 Å². The van der Waals surface area contributed by atoms with E-state index in [2.05, 4.69) is 12.2 Å². The minimum absolute atomic E-state index is 0.0604. The number of thioether (sulfide) groups is 1. The van der Waals surface area contributed by atoms with Gasteiger partial charge in [0.2, 0.25) is 5.91 Å². The SMILES string of the molecule is CCCCC(CN)NC(=O)C(SC)c1ccccc1. The summed E-state index contributed by atoms with van der Waals surface area (Å²) in [7, 11) is 0. The van der Waals surface area contributed by atoms with Gasteiger partial charge in [0.1, 0.15) is 5.25 Å². The molecule has 19 heavy (non-hydrogen) atoms. The maximum Gasteiger partial charge on any atom is 0.237 e. The second-order valence-corrected chi connectivity index (χ2v) is 5.55. The van der Waals surface area contributed by atoms with E-state index < -0.39 is 0 Å². The first kappa shape index (κ1) is 16.1. The molecule has 0 aliphatic rings. The Bertz CT molecular complexity index is 370. The molecule has 0 heterocycles. The first-order valence-corrected chi connectivity index (χ1v) is 8.09. The highest BCUT2D eigenvalue weighted by atomic mass is 32.2. The normalized spacial score (nSPS) is 13.8. The highest BCUT2D eigenvalue weighted by Crippen LogP contribution is 2.26. The van der Waals surface area contributed by atoms with Crippen LogP contribution in [0.15, 0.2) is 30.3 Å². The first-order chi connectivity index (χ1) is 9.22. The molecule has 0 bridgehead atoms. The Kier molecular flexibility index (Phi) is 7.60. The fraction of sp³-hybridized carbons (Fsp3) is 0.533. The Labute approximate surface area is 120 Å². The van der Waals surface area contributed by atoms with Crippen molar-refractivity contribution >= 4 is 17.7 Å². The summed E-state index contributed by atoms with van der Waals surface area (Å²) >= 11 is 1.55. The number of nitrogens with two attached hydrogens (primary N) is 1. The van der Waals surface area contributed by atoms with Gasteiger partial charge in [0.25, 0.3) is 0 Å².